The highest BCUT2D eigenvalue weighted by Gasteiger charge is 2.26. The maximum Gasteiger partial charge on any atom is 0.494 e. The van der Waals surface area contributed by atoms with Crippen molar-refractivity contribution in [2.45, 2.75) is 13.8 Å². The molecule has 4 rings (SSSR count). The van der Waals surface area contributed by atoms with Gasteiger partial charge in [-0.2, -0.15) is 0 Å². The van der Waals surface area contributed by atoms with Gasteiger partial charge in [-0.25, -0.2) is 0 Å². The second-order valence-corrected chi connectivity index (χ2v) is 6.65. The largest absolute Gasteiger partial charge is 0.494 e. The van der Waals surface area contributed by atoms with Gasteiger partial charge in [-0.05, 0) is 52.0 Å². The van der Waals surface area contributed by atoms with Gasteiger partial charge in [-0.3, -0.25) is 0 Å². The molecule has 1 aliphatic rings. The van der Waals surface area contributed by atoms with Crippen LogP contribution in [0.15, 0.2) is 36.4 Å². The fourth-order valence-electron chi connectivity index (χ4n) is 3.60. The number of fused-ring (bicyclic) bond motifs is 3. The van der Waals surface area contributed by atoms with E-state index in [0.29, 0.717) is 19.8 Å². The van der Waals surface area contributed by atoms with Crippen molar-refractivity contribution >= 4 is 47.1 Å². The van der Waals surface area contributed by atoms with Crippen molar-refractivity contribution in [3.05, 3.63) is 47.5 Å². The van der Waals surface area contributed by atoms with Crippen molar-refractivity contribution in [3.63, 3.8) is 0 Å². The van der Waals surface area contributed by atoms with Gasteiger partial charge >= 0.3 is 14.6 Å². The standard InChI is InChI=1S/C20H21B2O4/c1-13-14(2)20-12-16(22-25-9-10-26-22)4-6-18(20)17-5-3-15(11-19(13)17)21-24-8-7-23/h3-6,11-12,23H,7-10H2,1-2H3. The summed E-state index contributed by atoms with van der Waals surface area (Å²) in [4.78, 5) is 0. The van der Waals surface area contributed by atoms with E-state index in [9.17, 15) is 0 Å². The molecule has 1 heterocycles. The number of benzene rings is 3. The number of aliphatic hydroxyl groups excluding tert-OH is 1. The van der Waals surface area contributed by atoms with E-state index in [-0.39, 0.29) is 13.7 Å². The minimum atomic E-state index is -0.254. The van der Waals surface area contributed by atoms with Gasteiger partial charge in [0.25, 0.3) is 0 Å². The van der Waals surface area contributed by atoms with Crippen LogP contribution in [-0.2, 0) is 14.0 Å². The molecule has 0 aromatic heterocycles. The molecule has 1 radical (unpaired) electrons. The molecule has 0 saturated carbocycles. The molecule has 131 valence electrons. The van der Waals surface area contributed by atoms with Crippen molar-refractivity contribution in [2.75, 3.05) is 26.4 Å². The first-order valence-electron chi connectivity index (χ1n) is 8.94. The van der Waals surface area contributed by atoms with E-state index in [4.69, 9.17) is 19.1 Å². The molecular weight excluding hydrogens is 326 g/mol. The van der Waals surface area contributed by atoms with Crippen LogP contribution in [0.4, 0.5) is 0 Å². The predicted octanol–water partition coefficient (Wildman–Crippen LogP) is 1.61. The monoisotopic (exact) mass is 347 g/mol. The molecule has 0 aliphatic carbocycles. The number of hydrogen-bond acceptors (Lipinski definition) is 4. The van der Waals surface area contributed by atoms with Gasteiger partial charge in [0.05, 0.1) is 26.4 Å². The third-order valence-electron chi connectivity index (χ3n) is 5.07. The normalized spacial score (nSPS) is 14.5. The molecule has 0 spiro atoms. The van der Waals surface area contributed by atoms with Crippen LogP contribution >= 0.6 is 0 Å². The predicted molar refractivity (Wildman–Crippen MR) is 107 cm³/mol. The van der Waals surface area contributed by atoms with Crippen LogP contribution in [0.3, 0.4) is 0 Å². The molecule has 6 heteroatoms. The smallest absolute Gasteiger partial charge is 0.432 e. The van der Waals surface area contributed by atoms with Gasteiger partial charge in [0.15, 0.2) is 0 Å². The van der Waals surface area contributed by atoms with Crippen LogP contribution in [-0.4, -0.2) is 46.1 Å². The number of rotatable bonds is 5. The Kier molecular flexibility index (Phi) is 5.00. The third kappa shape index (κ3) is 3.14. The maximum absolute atomic E-state index is 8.85. The lowest BCUT2D eigenvalue weighted by Crippen LogP contribution is -2.31. The minimum Gasteiger partial charge on any atom is -0.432 e. The van der Waals surface area contributed by atoms with E-state index in [1.165, 1.54) is 32.7 Å². The van der Waals surface area contributed by atoms with E-state index >= 15 is 0 Å². The summed E-state index contributed by atoms with van der Waals surface area (Å²) >= 11 is 0. The Hall–Kier alpha value is -1.85. The highest BCUT2D eigenvalue weighted by molar-refractivity contribution is 6.62. The summed E-state index contributed by atoms with van der Waals surface area (Å²) in [7, 11) is 1.45. The first-order chi connectivity index (χ1) is 12.7. The average Bonchev–Trinajstić information content (AvgIpc) is 3.21. The van der Waals surface area contributed by atoms with Crippen molar-refractivity contribution in [2.24, 2.45) is 0 Å². The summed E-state index contributed by atoms with van der Waals surface area (Å²) in [5.41, 5.74) is 4.59. The summed E-state index contributed by atoms with van der Waals surface area (Å²) in [5, 5.41) is 13.8. The number of aliphatic hydroxyl groups is 1. The summed E-state index contributed by atoms with van der Waals surface area (Å²) < 4.78 is 16.6. The van der Waals surface area contributed by atoms with Crippen LogP contribution < -0.4 is 10.9 Å². The summed E-state index contributed by atoms with van der Waals surface area (Å²) in [5.74, 6) is 0. The fourth-order valence-corrected chi connectivity index (χ4v) is 3.60. The van der Waals surface area contributed by atoms with Gasteiger partial charge in [-0.15, -0.1) is 0 Å². The Morgan fingerprint density at radius 1 is 0.962 bits per heavy atom. The van der Waals surface area contributed by atoms with Crippen LogP contribution in [0.2, 0.25) is 0 Å². The molecule has 0 bridgehead atoms. The fraction of sp³-hybridized carbons (Fsp3) is 0.300. The van der Waals surface area contributed by atoms with E-state index in [1.807, 2.05) is 6.07 Å². The molecule has 1 saturated heterocycles. The molecule has 1 fully saturated rings. The lowest BCUT2D eigenvalue weighted by molar-refractivity contribution is 0.209. The van der Waals surface area contributed by atoms with E-state index in [1.54, 1.807) is 7.48 Å². The molecule has 1 N–H and O–H groups in total. The highest BCUT2D eigenvalue weighted by atomic mass is 16.6. The van der Waals surface area contributed by atoms with Gasteiger partial charge < -0.3 is 19.1 Å². The van der Waals surface area contributed by atoms with Crippen molar-refractivity contribution in [1.29, 1.82) is 0 Å². The molecule has 0 amide bonds. The molecule has 4 nitrogen and oxygen atoms in total. The zero-order valence-electron chi connectivity index (χ0n) is 15.1. The topological polar surface area (TPSA) is 47.9 Å². The van der Waals surface area contributed by atoms with Crippen LogP contribution in [0.5, 0.6) is 0 Å². The minimum absolute atomic E-state index is 0.0175. The zero-order valence-corrected chi connectivity index (χ0v) is 15.1. The third-order valence-corrected chi connectivity index (χ3v) is 5.07. The van der Waals surface area contributed by atoms with Crippen molar-refractivity contribution < 1.29 is 19.1 Å². The Morgan fingerprint density at radius 2 is 1.62 bits per heavy atom. The first kappa shape index (κ1) is 17.6. The van der Waals surface area contributed by atoms with Crippen molar-refractivity contribution in [1.82, 2.24) is 0 Å². The van der Waals surface area contributed by atoms with Gasteiger partial charge in [0.1, 0.15) is 0 Å². The Balaban J connectivity index is 1.81. The molecule has 3 aromatic carbocycles. The summed E-state index contributed by atoms with van der Waals surface area (Å²) in [6, 6.07) is 12.8. The highest BCUT2D eigenvalue weighted by Crippen LogP contribution is 2.31. The Labute approximate surface area is 154 Å². The Bertz CT molecular complexity index is 952. The van der Waals surface area contributed by atoms with Crippen LogP contribution in [0, 0.1) is 13.8 Å². The second kappa shape index (κ2) is 7.41. The van der Waals surface area contributed by atoms with E-state index < -0.39 is 0 Å². The molecular formula is C20H21B2O4. The lowest BCUT2D eigenvalue weighted by atomic mass is 9.77. The first-order valence-corrected chi connectivity index (χ1v) is 8.94. The summed E-state index contributed by atoms with van der Waals surface area (Å²) in [6.45, 7) is 5.94. The average molecular weight is 347 g/mol. The zero-order chi connectivity index (χ0) is 18.1. The molecule has 0 atom stereocenters. The SMILES string of the molecule is Cc1c(C)c2cc(B3OCCO3)ccc2c2ccc([B]OCCO)cc12. The second-order valence-electron chi connectivity index (χ2n) is 6.65. The summed E-state index contributed by atoms with van der Waals surface area (Å²) in [6.07, 6.45) is 0. The lowest BCUT2D eigenvalue weighted by Gasteiger charge is -2.15. The van der Waals surface area contributed by atoms with E-state index in [2.05, 4.69) is 44.2 Å². The van der Waals surface area contributed by atoms with Gasteiger partial charge in [0.2, 0.25) is 0 Å². The molecule has 1 aliphatic heterocycles. The molecule has 26 heavy (non-hydrogen) atoms. The molecule has 3 aromatic rings. The van der Waals surface area contributed by atoms with Crippen molar-refractivity contribution in [3.8, 4) is 0 Å². The molecule has 0 unspecified atom stereocenters. The van der Waals surface area contributed by atoms with E-state index in [0.717, 1.165) is 10.9 Å². The van der Waals surface area contributed by atoms with Gasteiger partial charge in [0, 0.05) is 0 Å². The number of aryl methyl sites for hydroxylation is 2. The quantitative estimate of drug-likeness (QED) is 0.433. The maximum atomic E-state index is 8.85. The number of hydrogen-bond donors (Lipinski definition) is 1. The van der Waals surface area contributed by atoms with Gasteiger partial charge in [-0.1, -0.05) is 41.9 Å². The van der Waals surface area contributed by atoms with Crippen LogP contribution in [0.25, 0.3) is 21.5 Å². The van der Waals surface area contributed by atoms with Crippen LogP contribution in [0.1, 0.15) is 11.1 Å². The Morgan fingerprint density at radius 3 is 2.31 bits per heavy atom.